The molecule has 1 heterocycles. The van der Waals surface area contributed by atoms with Gasteiger partial charge < -0.3 is 9.84 Å². The van der Waals surface area contributed by atoms with E-state index in [4.69, 9.17) is 16.3 Å². The largest absolute Gasteiger partial charge is 0.487 e. The fraction of sp³-hybridized carbons (Fsp3) is 0.214. The minimum absolute atomic E-state index is 0.100. The molecule has 1 aromatic carbocycles. The summed E-state index contributed by atoms with van der Waals surface area (Å²) in [6.45, 7) is 2.26. The van der Waals surface area contributed by atoms with Gasteiger partial charge in [-0.1, -0.05) is 17.7 Å². The molecule has 2 aromatic rings. The summed E-state index contributed by atoms with van der Waals surface area (Å²) in [5.41, 5.74) is 2.64. The molecule has 3 nitrogen and oxygen atoms in total. The number of aromatic nitrogens is 1. The quantitative estimate of drug-likeness (QED) is 0.922. The Balaban J connectivity index is 2.13. The van der Waals surface area contributed by atoms with Gasteiger partial charge in [0.1, 0.15) is 12.4 Å². The van der Waals surface area contributed by atoms with Crippen molar-refractivity contribution in [2.75, 3.05) is 0 Å². The van der Waals surface area contributed by atoms with E-state index in [2.05, 4.69) is 4.98 Å². The van der Waals surface area contributed by atoms with E-state index in [0.717, 1.165) is 11.3 Å². The second-order valence-corrected chi connectivity index (χ2v) is 4.40. The standard InChI is InChI=1S/C14H14ClNO2/c1-10-3-2-6-16-13(10)9-18-14-5-4-12(15)7-11(14)8-17/h2-7,17H,8-9H2,1H3. The highest BCUT2D eigenvalue weighted by Crippen LogP contribution is 2.23. The Morgan fingerprint density at radius 2 is 2.17 bits per heavy atom. The summed E-state index contributed by atoms with van der Waals surface area (Å²) < 4.78 is 5.67. The molecule has 18 heavy (non-hydrogen) atoms. The number of aliphatic hydroxyl groups is 1. The molecule has 0 unspecified atom stereocenters. The SMILES string of the molecule is Cc1cccnc1COc1ccc(Cl)cc1CO. The first-order valence-electron chi connectivity index (χ1n) is 5.63. The molecule has 0 bridgehead atoms. The molecule has 0 saturated carbocycles. The van der Waals surface area contributed by atoms with Crippen molar-refractivity contribution < 1.29 is 9.84 Å². The van der Waals surface area contributed by atoms with Gasteiger partial charge in [-0.2, -0.15) is 0 Å². The predicted molar refractivity (Wildman–Crippen MR) is 70.7 cm³/mol. The van der Waals surface area contributed by atoms with E-state index in [1.54, 1.807) is 24.4 Å². The third-order valence-electron chi connectivity index (χ3n) is 2.68. The highest BCUT2D eigenvalue weighted by atomic mass is 35.5. The van der Waals surface area contributed by atoms with Gasteiger partial charge in [0.05, 0.1) is 12.3 Å². The molecule has 0 aliphatic carbocycles. The number of halogens is 1. The molecule has 0 atom stereocenters. The van der Waals surface area contributed by atoms with Gasteiger partial charge in [0, 0.05) is 16.8 Å². The van der Waals surface area contributed by atoms with E-state index < -0.39 is 0 Å². The molecule has 94 valence electrons. The summed E-state index contributed by atoms with van der Waals surface area (Å²) >= 11 is 5.86. The summed E-state index contributed by atoms with van der Waals surface area (Å²) in [5.74, 6) is 0.631. The minimum Gasteiger partial charge on any atom is -0.487 e. The van der Waals surface area contributed by atoms with Gasteiger partial charge in [0.15, 0.2) is 0 Å². The lowest BCUT2D eigenvalue weighted by Gasteiger charge is -2.11. The van der Waals surface area contributed by atoms with Crippen LogP contribution in [0.4, 0.5) is 0 Å². The van der Waals surface area contributed by atoms with Crippen molar-refractivity contribution in [3.05, 3.63) is 58.4 Å². The van der Waals surface area contributed by atoms with Crippen molar-refractivity contribution in [1.29, 1.82) is 0 Å². The summed E-state index contributed by atoms with van der Waals surface area (Å²) in [4.78, 5) is 4.25. The van der Waals surface area contributed by atoms with Crippen molar-refractivity contribution in [2.45, 2.75) is 20.1 Å². The monoisotopic (exact) mass is 263 g/mol. The van der Waals surface area contributed by atoms with Crippen LogP contribution in [0.2, 0.25) is 5.02 Å². The maximum Gasteiger partial charge on any atom is 0.130 e. The molecule has 0 aliphatic heterocycles. The first-order valence-corrected chi connectivity index (χ1v) is 6.01. The molecular formula is C14H14ClNO2. The molecule has 0 fully saturated rings. The zero-order valence-electron chi connectivity index (χ0n) is 10.1. The zero-order valence-corrected chi connectivity index (χ0v) is 10.8. The molecule has 1 aromatic heterocycles. The summed E-state index contributed by atoms with van der Waals surface area (Å²) in [6.07, 6.45) is 1.74. The summed E-state index contributed by atoms with van der Waals surface area (Å²) in [6, 6.07) is 9.07. The lowest BCUT2D eigenvalue weighted by Crippen LogP contribution is -2.02. The van der Waals surface area contributed by atoms with Crippen LogP contribution in [0.25, 0.3) is 0 Å². The van der Waals surface area contributed by atoms with Crippen molar-refractivity contribution in [1.82, 2.24) is 4.98 Å². The van der Waals surface area contributed by atoms with Crippen LogP contribution in [0.3, 0.4) is 0 Å². The number of nitrogens with zero attached hydrogens (tertiary/aromatic N) is 1. The van der Waals surface area contributed by atoms with Crippen molar-refractivity contribution in [3.63, 3.8) is 0 Å². The summed E-state index contributed by atoms with van der Waals surface area (Å²) in [5, 5.41) is 9.82. The van der Waals surface area contributed by atoms with E-state index in [1.807, 2.05) is 19.1 Å². The third-order valence-corrected chi connectivity index (χ3v) is 2.91. The van der Waals surface area contributed by atoms with Crippen LogP contribution in [0.15, 0.2) is 36.5 Å². The predicted octanol–water partition coefficient (Wildman–Crippen LogP) is 3.11. The number of aryl methyl sites for hydroxylation is 1. The number of pyridine rings is 1. The lowest BCUT2D eigenvalue weighted by atomic mass is 10.2. The number of ether oxygens (including phenoxy) is 1. The van der Waals surface area contributed by atoms with Crippen LogP contribution in [0.5, 0.6) is 5.75 Å². The average Bonchev–Trinajstić information content (AvgIpc) is 2.39. The molecule has 0 amide bonds. The number of hydrogen-bond acceptors (Lipinski definition) is 3. The average molecular weight is 264 g/mol. The number of aliphatic hydroxyl groups excluding tert-OH is 1. The van der Waals surface area contributed by atoms with Crippen LogP contribution in [0, 0.1) is 6.92 Å². The maximum absolute atomic E-state index is 9.24. The molecule has 0 radical (unpaired) electrons. The Hall–Kier alpha value is -1.58. The van der Waals surface area contributed by atoms with E-state index in [0.29, 0.717) is 22.9 Å². The highest BCUT2D eigenvalue weighted by molar-refractivity contribution is 6.30. The van der Waals surface area contributed by atoms with Gasteiger partial charge in [0.25, 0.3) is 0 Å². The van der Waals surface area contributed by atoms with E-state index >= 15 is 0 Å². The molecule has 0 spiro atoms. The molecule has 2 rings (SSSR count). The van der Waals surface area contributed by atoms with Gasteiger partial charge in [-0.3, -0.25) is 4.98 Å². The van der Waals surface area contributed by atoms with Crippen molar-refractivity contribution in [2.24, 2.45) is 0 Å². The highest BCUT2D eigenvalue weighted by Gasteiger charge is 2.05. The van der Waals surface area contributed by atoms with Crippen LogP contribution in [-0.2, 0) is 13.2 Å². The second-order valence-electron chi connectivity index (χ2n) is 3.97. The van der Waals surface area contributed by atoms with Gasteiger partial charge >= 0.3 is 0 Å². The van der Waals surface area contributed by atoms with E-state index in [9.17, 15) is 5.11 Å². The number of rotatable bonds is 4. The fourth-order valence-electron chi connectivity index (χ4n) is 1.63. The fourth-order valence-corrected chi connectivity index (χ4v) is 1.82. The van der Waals surface area contributed by atoms with Crippen LogP contribution >= 0.6 is 11.6 Å². The van der Waals surface area contributed by atoms with Crippen LogP contribution in [-0.4, -0.2) is 10.1 Å². The van der Waals surface area contributed by atoms with Crippen molar-refractivity contribution >= 4 is 11.6 Å². The van der Waals surface area contributed by atoms with Crippen LogP contribution in [0.1, 0.15) is 16.8 Å². The Kier molecular flexibility index (Phi) is 4.18. The lowest BCUT2D eigenvalue weighted by molar-refractivity contribution is 0.257. The van der Waals surface area contributed by atoms with E-state index in [1.165, 1.54) is 0 Å². The third kappa shape index (κ3) is 3.00. The number of hydrogen-bond donors (Lipinski definition) is 1. The Labute approximate surface area is 111 Å². The zero-order chi connectivity index (χ0) is 13.0. The van der Waals surface area contributed by atoms with Gasteiger partial charge in [-0.15, -0.1) is 0 Å². The van der Waals surface area contributed by atoms with Gasteiger partial charge in [-0.05, 0) is 36.8 Å². The second kappa shape index (κ2) is 5.85. The molecule has 1 N–H and O–H groups in total. The smallest absolute Gasteiger partial charge is 0.130 e. The van der Waals surface area contributed by atoms with Crippen LogP contribution < -0.4 is 4.74 Å². The first-order chi connectivity index (χ1) is 8.70. The Morgan fingerprint density at radius 1 is 1.33 bits per heavy atom. The topological polar surface area (TPSA) is 42.4 Å². The van der Waals surface area contributed by atoms with Gasteiger partial charge in [-0.25, -0.2) is 0 Å². The molecule has 4 heteroatoms. The normalized spacial score (nSPS) is 10.4. The molecule has 0 saturated heterocycles. The first kappa shape index (κ1) is 12.9. The Bertz CT molecular complexity index is 543. The van der Waals surface area contributed by atoms with Crippen molar-refractivity contribution in [3.8, 4) is 5.75 Å². The molecule has 0 aliphatic rings. The van der Waals surface area contributed by atoms with E-state index in [-0.39, 0.29) is 6.61 Å². The Morgan fingerprint density at radius 3 is 2.89 bits per heavy atom. The maximum atomic E-state index is 9.24. The number of benzene rings is 1. The molecular weight excluding hydrogens is 250 g/mol. The minimum atomic E-state index is -0.100. The summed E-state index contributed by atoms with van der Waals surface area (Å²) in [7, 11) is 0. The van der Waals surface area contributed by atoms with Gasteiger partial charge in [0.2, 0.25) is 0 Å².